The van der Waals surface area contributed by atoms with Crippen LogP contribution in [0.25, 0.3) is 0 Å². The van der Waals surface area contributed by atoms with E-state index in [-0.39, 0.29) is 2.12 Å². The molecule has 0 heterocycles. The summed E-state index contributed by atoms with van der Waals surface area (Å²) in [5.41, 5.74) is 0. The molecule has 0 aromatic heterocycles. The average molecular weight is 311 g/mol. The van der Waals surface area contributed by atoms with Gasteiger partial charge in [0.1, 0.15) is 2.12 Å². The molecular formula is CH2BI2O2. The number of hydrogen-bond acceptors (Lipinski definition) is 2. The summed E-state index contributed by atoms with van der Waals surface area (Å²) < 4.78 is 4.48. The molecular weight excluding hydrogens is 309 g/mol. The lowest BCUT2D eigenvalue weighted by Gasteiger charge is -1.93. The van der Waals surface area contributed by atoms with Crippen LogP contribution in [0.4, 0.5) is 0 Å². The van der Waals surface area contributed by atoms with Crippen LogP contribution in [0, 0.1) is 0 Å². The minimum absolute atomic E-state index is 0.0326. The van der Waals surface area contributed by atoms with Crippen LogP contribution in [0.1, 0.15) is 0 Å². The van der Waals surface area contributed by atoms with Crippen LogP contribution in [0.3, 0.4) is 0 Å². The van der Waals surface area contributed by atoms with Gasteiger partial charge >= 0.3 is 7.69 Å². The third-order valence-corrected chi connectivity index (χ3v) is 0.751. The smallest absolute Gasteiger partial charge is 0.429 e. The number of hydrogen-bond donors (Lipinski definition) is 1. The molecule has 0 saturated carbocycles. The van der Waals surface area contributed by atoms with Crippen molar-refractivity contribution in [3.8, 4) is 0 Å². The zero-order chi connectivity index (χ0) is 4.99. The van der Waals surface area contributed by atoms with E-state index in [1.807, 2.05) is 45.2 Å². The first-order valence-electron chi connectivity index (χ1n) is 1.17. The molecule has 0 aromatic carbocycles. The molecule has 0 aliphatic heterocycles. The maximum atomic E-state index is 7.88. The van der Waals surface area contributed by atoms with Gasteiger partial charge in [-0.15, -0.1) is 0 Å². The SMILES string of the molecule is O[B]OC(I)I. The Hall–Kier alpha value is 1.44. The van der Waals surface area contributed by atoms with Crippen molar-refractivity contribution in [2.24, 2.45) is 0 Å². The van der Waals surface area contributed by atoms with Crippen LogP contribution in [0.2, 0.25) is 0 Å². The Kier molecular flexibility index (Phi) is 5.71. The molecule has 0 atom stereocenters. The lowest BCUT2D eigenvalue weighted by Crippen LogP contribution is -1.98. The van der Waals surface area contributed by atoms with Crippen molar-refractivity contribution >= 4 is 52.9 Å². The molecule has 1 N–H and O–H groups in total. The van der Waals surface area contributed by atoms with E-state index in [2.05, 4.69) is 4.65 Å². The van der Waals surface area contributed by atoms with Gasteiger partial charge in [0.15, 0.2) is 0 Å². The zero-order valence-corrected chi connectivity index (χ0v) is 7.08. The van der Waals surface area contributed by atoms with Crippen molar-refractivity contribution < 1.29 is 9.68 Å². The van der Waals surface area contributed by atoms with Gasteiger partial charge in [-0.05, 0) is 45.2 Å². The van der Waals surface area contributed by atoms with Crippen molar-refractivity contribution in [2.45, 2.75) is 2.12 Å². The van der Waals surface area contributed by atoms with Crippen molar-refractivity contribution in [3.05, 3.63) is 0 Å². The first-order valence-corrected chi connectivity index (χ1v) is 3.66. The highest BCUT2D eigenvalue weighted by Gasteiger charge is 1.92. The largest absolute Gasteiger partial charge is 0.486 e. The van der Waals surface area contributed by atoms with Crippen molar-refractivity contribution in [1.82, 2.24) is 0 Å². The van der Waals surface area contributed by atoms with Crippen LogP contribution in [0.15, 0.2) is 0 Å². The van der Waals surface area contributed by atoms with E-state index in [1.165, 1.54) is 0 Å². The van der Waals surface area contributed by atoms with Crippen molar-refractivity contribution in [1.29, 1.82) is 0 Å². The van der Waals surface area contributed by atoms with Crippen molar-refractivity contribution in [2.75, 3.05) is 0 Å². The second-order valence-corrected chi connectivity index (χ2v) is 5.15. The highest BCUT2D eigenvalue weighted by Crippen LogP contribution is 2.08. The summed E-state index contributed by atoms with van der Waals surface area (Å²) in [7, 11) is 0.684. The summed E-state index contributed by atoms with van der Waals surface area (Å²) in [6, 6.07) is 0. The monoisotopic (exact) mass is 311 g/mol. The molecule has 5 heteroatoms. The third kappa shape index (κ3) is 5.44. The molecule has 6 heavy (non-hydrogen) atoms. The first-order chi connectivity index (χ1) is 2.77. The summed E-state index contributed by atoms with van der Waals surface area (Å²) >= 11 is 4.03. The van der Waals surface area contributed by atoms with Crippen molar-refractivity contribution in [3.63, 3.8) is 0 Å². The van der Waals surface area contributed by atoms with Gasteiger partial charge in [-0.1, -0.05) is 0 Å². The Morgan fingerprint density at radius 1 is 1.67 bits per heavy atom. The maximum absolute atomic E-state index is 7.88. The number of rotatable bonds is 2. The fourth-order valence-electron chi connectivity index (χ4n) is 0.0460. The lowest BCUT2D eigenvalue weighted by atomic mass is 10.4. The lowest BCUT2D eigenvalue weighted by molar-refractivity contribution is 0.341. The van der Waals surface area contributed by atoms with Crippen LogP contribution in [0.5, 0.6) is 0 Å². The minimum Gasteiger partial charge on any atom is -0.429 e. The highest BCUT2D eigenvalue weighted by molar-refractivity contribution is 14.2. The Balaban J connectivity index is 2.63. The topological polar surface area (TPSA) is 29.5 Å². The maximum Gasteiger partial charge on any atom is 0.486 e. The summed E-state index contributed by atoms with van der Waals surface area (Å²) in [4.78, 5) is 0. The van der Waals surface area contributed by atoms with Gasteiger partial charge in [0.25, 0.3) is 0 Å². The van der Waals surface area contributed by atoms with Crippen LogP contribution < -0.4 is 0 Å². The summed E-state index contributed by atoms with van der Waals surface area (Å²) in [5.74, 6) is 0. The van der Waals surface area contributed by atoms with Gasteiger partial charge in [-0.25, -0.2) is 0 Å². The van der Waals surface area contributed by atoms with Gasteiger partial charge in [0.2, 0.25) is 0 Å². The molecule has 2 nitrogen and oxygen atoms in total. The molecule has 0 aliphatic rings. The fourth-order valence-corrected chi connectivity index (χ4v) is 0.309. The van der Waals surface area contributed by atoms with E-state index in [0.717, 1.165) is 0 Å². The predicted octanol–water partition coefficient (Wildman–Crippen LogP) is 0.683. The molecule has 0 unspecified atom stereocenters. The first kappa shape index (κ1) is 7.44. The Bertz CT molecular complexity index is 32.7. The molecule has 0 fully saturated rings. The molecule has 35 valence electrons. The van der Waals surface area contributed by atoms with E-state index in [0.29, 0.717) is 7.69 Å². The third-order valence-electron chi connectivity index (χ3n) is 0.164. The second-order valence-electron chi connectivity index (χ2n) is 0.502. The van der Waals surface area contributed by atoms with Gasteiger partial charge < -0.3 is 9.68 Å². The van der Waals surface area contributed by atoms with E-state index in [4.69, 9.17) is 5.02 Å². The summed E-state index contributed by atoms with van der Waals surface area (Å²) in [6.07, 6.45) is 0. The Morgan fingerprint density at radius 3 is 2.17 bits per heavy atom. The molecule has 0 amide bonds. The molecule has 0 bridgehead atoms. The van der Waals surface area contributed by atoms with Gasteiger partial charge in [0.05, 0.1) is 0 Å². The Labute approximate surface area is 64.2 Å². The predicted molar refractivity (Wildman–Crippen MR) is 40.9 cm³/mol. The van der Waals surface area contributed by atoms with E-state index >= 15 is 0 Å². The number of halogens is 2. The van der Waals surface area contributed by atoms with Crippen LogP contribution >= 0.6 is 45.2 Å². The average Bonchev–Trinajstić information content (AvgIpc) is 1.35. The van der Waals surface area contributed by atoms with Crippen LogP contribution in [-0.4, -0.2) is 14.8 Å². The van der Waals surface area contributed by atoms with Crippen LogP contribution in [-0.2, 0) is 4.65 Å². The Morgan fingerprint density at radius 2 is 2.17 bits per heavy atom. The second kappa shape index (κ2) is 4.60. The normalized spacial score (nSPS) is 9.33. The summed E-state index contributed by atoms with van der Waals surface area (Å²) in [5, 5.41) is 7.88. The zero-order valence-electron chi connectivity index (χ0n) is 2.77. The molecule has 0 saturated heterocycles. The minimum atomic E-state index is 0.0326. The summed E-state index contributed by atoms with van der Waals surface area (Å²) in [6.45, 7) is 0. The molecule has 0 aliphatic carbocycles. The van der Waals surface area contributed by atoms with Gasteiger partial charge in [-0.3, -0.25) is 0 Å². The highest BCUT2D eigenvalue weighted by atomic mass is 127. The molecule has 0 rings (SSSR count). The van der Waals surface area contributed by atoms with E-state index in [1.54, 1.807) is 0 Å². The molecule has 0 aromatic rings. The number of alkyl halides is 2. The standard InChI is InChI=1S/CH2BI2O2/c3-1(4)6-2-5/h1,5H. The fraction of sp³-hybridized carbons (Fsp3) is 1.00. The molecule has 0 spiro atoms. The van der Waals surface area contributed by atoms with Gasteiger partial charge in [-0.2, -0.15) is 0 Å². The van der Waals surface area contributed by atoms with E-state index in [9.17, 15) is 0 Å². The van der Waals surface area contributed by atoms with E-state index < -0.39 is 0 Å². The quantitative estimate of drug-likeness (QED) is 0.462. The molecule has 1 radical (unpaired) electrons. The van der Waals surface area contributed by atoms with Gasteiger partial charge in [0, 0.05) is 0 Å².